The fraction of sp³-hybridized carbons (Fsp3) is 0.545. The van der Waals surface area contributed by atoms with E-state index in [4.69, 9.17) is 5.11 Å². The van der Waals surface area contributed by atoms with Crippen LogP contribution in [0.2, 0.25) is 0 Å². The Morgan fingerprint density at radius 2 is 2.25 bits per heavy atom. The van der Waals surface area contributed by atoms with E-state index >= 15 is 0 Å². The molecule has 0 saturated carbocycles. The van der Waals surface area contributed by atoms with Crippen LogP contribution in [0.3, 0.4) is 0 Å². The summed E-state index contributed by atoms with van der Waals surface area (Å²) < 4.78 is 0. The molecule has 1 rings (SSSR count). The van der Waals surface area contributed by atoms with E-state index in [-0.39, 0.29) is 12.0 Å². The molecule has 1 aromatic rings. The Morgan fingerprint density at radius 3 is 2.81 bits per heavy atom. The lowest BCUT2D eigenvalue weighted by molar-refractivity contribution is 0.0953. The van der Waals surface area contributed by atoms with E-state index < -0.39 is 0 Å². The van der Waals surface area contributed by atoms with Crippen molar-refractivity contribution in [1.29, 1.82) is 0 Å². The number of nitrogens with one attached hydrogen (secondary N) is 2. The number of aliphatic hydroxyl groups excluding tert-OH is 1. The molecule has 16 heavy (non-hydrogen) atoms. The number of aryl methyl sites for hydroxylation is 1. The van der Waals surface area contributed by atoms with E-state index in [9.17, 15) is 4.79 Å². The van der Waals surface area contributed by atoms with Crippen molar-refractivity contribution in [3.63, 3.8) is 0 Å². The number of thiophene rings is 1. The van der Waals surface area contributed by atoms with Crippen LogP contribution in [-0.4, -0.2) is 36.8 Å². The van der Waals surface area contributed by atoms with Gasteiger partial charge in [-0.1, -0.05) is 0 Å². The molecule has 0 bridgehead atoms. The summed E-state index contributed by atoms with van der Waals surface area (Å²) in [5.74, 6) is -0.0300. The van der Waals surface area contributed by atoms with Gasteiger partial charge in [-0.25, -0.2) is 0 Å². The maximum Gasteiger partial charge on any atom is 0.252 e. The van der Waals surface area contributed by atoms with Gasteiger partial charge in [-0.3, -0.25) is 4.79 Å². The predicted molar refractivity (Wildman–Crippen MR) is 65.9 cm³/mol. The molecule has 1 heterocycles. The number of hydrogen-bond donors (Lipinski definition) is 3. The maximum absolute atomic E-state index is 11.6. The minimum absolute atomic E-state index is 0.0300. The fourth-order valence-corrected chi connectivity index (χ4v) is 2.09. The van der Waals surface area contributed by atoms with Crippen LogP contribution in [0.1, 0.15) is 22.8 Å². The van der Waals surface area contributed by atoms with E-state index in [0.29, 0.717) is 19.6 Å². The molecule has 0 spiro atoms. The topological polar surface area (TPSA) is 61.4 Å². The second kappa shape index (κ2) is 6.62. The van der Waals surface area contributed by atoms with Gasteiger partial charge in [0.25, 0.3) is 5.91 Å². The van der Waals surface area contributed by atoms with Crippen molar-refractivity contribution in [1.82, 2.24) is 10.6 Å². The monoisotopic (exact) mass is 242 g/mol. The van der Waals surface area contributed by atoms with Gasteiger partial charge in [-0.05, 0) is 24.8 Å². The fourth-order valence-electron chi connectivity index (χ4n) is 1.26. The average molecular weight is 242 g/mol. The molecule has 1 unspecified atom stereocenters. The summed E-state index contributed by atoms with van der Waals surface area (Å²) >= 11 is 1.53. The van der Waals surface area contributed by atoms with Gasteiger partial charge in [0.1, 0.15) is 0 Å². The number of carbonyl (C=O) groups is 1. The standard InChI is InChI=1S/C11H18N2O2S/c1-8-6-16-7-10(8)11(15)13-4-3-12-5-9(2)14/h6-7,9,12,14H,3-5H2,1-2H3,(H,13,15). The molecule has 0 radical (unpaired) electrons. The van der Waals surface area contributed by atoms with Crippen LogP contribution in [0.25, 0.3) is 0 Å². The Balaban J connectivity index is 2.19. The smallest absolute Gasteiger partial charge is 0.252 e. The minimum atomic E-state index is -0.352. The van der Waals surface area contributed by atoms with Gasteiger partial charge >= 0.3 is 0 Å². The molecule has 0 fully saturated rings. The van der Waals surface area contributed by atoms with E-state index in [1.54, 1.807) is 6.92 Å². The molecule has 1 aromatic heterocycles. The second-order valence-electron chi connectivity index (χ2n) is 3.78. The number of aliphatic hydroxyl groups is 1. The Hall–Kier alpha value is -0.910. The number of hydrogen-bond acceptors (Lipinski definition) is 4. The van der Waals surface area contributed by atoms with Crippen LogP contribution in [0.4, 0.5) is 0 Å². The van der Waals surface area contributed by atoms with Crippen molar-refractivity contribution in [3.05, 3.63) is 21.9 Å². The molecule has 0 aliphatic heterocycles. The summed E-state index contributed by atoms with van der Waals surface area (Å²) in [6.07, 6.45) is -0.352. The van der Waals surface area contributed by atoms with Gasteiger partial charge in [0.15, 0.2) is 0 Å². The Bertz CT molecular complexity index is 336. The quantitative estimate of drug-likeness (QED) is 0.645. The average Bonchev–Trinajstić information content (AvgIpc) is 2.63. The highest BCUT2D eigenvalue weighted by atomic mass is 32.1. The summed E-state index contributed by atoms with van der Waals surface area (Å²) in [4.78, 5) is 11.6. The Labute approximate surface area is 99.7 Å². The molecule has 3 N–H and O–H groups in total. The summed E-state index contributed by atoms with van der Waals surface area (Å²) in [5, 5.41) is 18.7. The maximum atomic E-state index is 11.6. The molecule has 0 aliphatic rings. The van der Waals surface area contributed by atoms with Gasteiger partial charge in [0.2, 0.25) is 0 Å². The molecule has 0 aromatic carbocycles. The molecular weight excluding hydrogens is 224 g/mol. The van der Waals surface area contributed by atoms with E-state index in [2.05, 4.69) is 10.6 Å². The molecule has 0 saturated heterocycles. The van der Waals surface area contributed by atoms with E-state index in [1.807, 2.05) is 17.7 Å². The largest absolute Gasteiger partial charge is 0.392 e. The first-order valence-electron chi connectivity index (χ1n) is 5.31. The Morgan fingerprint density at radius 1 is 1.50 bits per heavy atom. The van der Waals surface area contributed by atoms with E-state index in [1.165, 1.54) is 11.3 Å². The SMILES string of the molecule is Cc1cscc1C(=O)NCCNCC(C)O. The van der Waals surface area contributed by atoms with Crippen molar-refractivity contribution in [2.75, 3.05) is 19.6 Å². The van der Waals surface area contributed by atoms with Crippen molar-refractivity contribution in [3.8, 4) is 0 Å². The van der Waals surface area contributed by atoms with Crippen molar-refractivity contribution in [2.24, 2.45) is 0 Å². The summed E-state index contributed by atoms with van der Waals surface area (Å²) in [7, 11) is 0. The second-order valence-corrected chi connectivity index (χ2v) is 4.52. The van der Waals surface area contributed by atoms with Gasteiger partial charge in [-0.2, -0.15) is 11.3 Å². The first-order chi connectivity index (χ1) is 7.61. The van der Waals surface area contributed by atoms with Crippen LogP contribution in [0.5, 0.6) is 0 Å². The van der Waals surface area contributed by atoms with E-state index in [0.717, 1.165) is 11.1 Å². The van der Waals surface area contributed by atoms with Crippen molar-refractivity contribution >= 4 is 17.2 Å². The lowest BCUT2D eigenvalue weighted by Crippen LogP contribution is -2.34. The first-order valence-corrected chi connectivity index (χ1v) is 6.25. The van der Waals surface area contributed by atoms with Gasteiger partial charge in [0.05, 0.1) is 11.7 Å². The van der Waals surface area contributed by atoms with Gasteiger partial charge in [0, 0.05) is 25.0 Å². The normalized spacial score (nSPS) is 12.4. The van der Waals surface area contributed by atoms with Crippen LogP contribution in [-0.2, 0) is 0 Å². The zero-order valence-electron chi connectivity index (χ0n) is 9.62. The minimum Gasteiger partial charge on any atom is -0.392 e. The molecular formula is C11H18N2O2S. The van der Waals surface area contributed by atoms with Gasteiger partial charge in [-0.15, -0.1) is 0 Å². The van der Waals surface area contributed by atoms with Crippen LogP contribution >= 0.6 is 11.3 Å². The predicted octanol–water partition coefficient (Wildman–Crippen LogP) is 0.757. The first kappa shape index (κ1) is 13.2. The van der Waals surface area contributed by atoms with Gasteiger partial charge < -0.3 is 15.7 Å². The third kappa shape index (κ3) is 4.30. The number of rotatable bonds is 6. The zero-order valence-corrected chi connectivity index (χ0v) is 10.4. The zero-order chi connectivity index (χ0) is 12.0. The molecule has 4 nitrogen and oxygen atoms in total. The molecule has 1 atom stereocenters. The Kier molecular flexibility index (Phi) is 5.45. The lowest BCUT2D eigenvalue weighted by atomic mass is 10.2. The molecule has 0 aliphatic carbocycles. The van der Waals surface area contributed by atoms with Crippen LogP contribution in [0.15, 0.2) is 10.8 Å². The molecule has 5 heteroatoms. The van der Waals surface area contributed by atoms with Crippen molar-refractivity contribution < 1.29 is 9.90 Å². The highest BCUT2D eigenvalue weighted by Crippen LogP contribution is 2.12. The summed E-state index contributed by atoms with van der Waals surface area (Å²) in [6.45, 7) is 5.44. The number of carbonyl (C=O) groups excluding carboxylic acids is 1. The molecule has 90 valence electrons. The van der Waals surface area contributed by atoms with Crippen LogP contribution in [0, 0.1) is 6.92 Å². The highest BCUT2D eigenvalue weighted by Gasteiger charge is 2.08. The third-order valence-corrected chi connectivity index (χ3v) is 2.99. The highest BCUT2D eigenvalue weighted by molar-refractivity contribution is 7.08. The third-order valence-electron chi connectivity index (χ3n) is 2.13. The number of amides is 1. The van der Waals surface area contributed by atoms with Crippen LogP contribution < -0.4 is 10.6 Å². The summed E-state index contributed by atoms with van der Waals surface area (Å²) in [6, 6.07) is 0. The molecule has 1 amide bonds. The van der Waals surface area contributed by atoms with Crippen molar-refractivity contribution in [2.45, 2.75) is 20.0 Å². The summed E-state index contributed by atoms with van der Waals surface area (Å²) in [5.41, 5.74) is 1.76. The lowest BCUT2D eigenvalue weighted by Gasteiger charge is -2.07.